The number of piperidine rings is 1. The first-order chi connectivity index (χ1) is 10.1. The van der Waals surface area contributed by atoms with Crippen molar-refractivity contribution in [2.75, 3.05) is 33.3 Å². The second-order valence-corrected chi connectivity index (χ2v) is 7.48. The molecule has 1 heterocycles. The van der Waals surface area contributed by atoms with Crippen LogP contribution in [0.2, 0.25) is 0 Å². The standard InChI is InChI=1S/C18H36N2O/c1-5-19-18-7-6-15(14(2)3)12-16(18)13-20-10-8-17(21-4)9-11-20/h14-19H,5-13H2,1-4H3. The first kappa shape index (κ1) is 17.2. The Hall–Kier alpha value is -0.120. The molecule has 0 amide bonds. The summed E-state index contributed by atoms with van der Waals surface area (Å²) >= 11 is 0. The zero-order valence-corrected chi connectivity index (χ0v) is 14.6. The van der Waals surface area contributed by atoms with Gasteiger partial charge in [0.1, 0.15) is 0 Å². The normalized spacial score (nSPS) is 32.7. The van der Waals surface area contributed by atoms with E-state index in [-0.39, 0.29) is 0 Å². The summed E-state index contributed by atoms with van der Waals surface area (Å²) in [6, 6.07) is 0.741. The molecule has 0 spiro atoms. The lowest BCUT2D eigenvalue weighted by atomic mass is 9.73. The third kappa shape index (κ3) is 4.94. The predicted molar refractivity (Wildman–Crippen MR) is 89.6 cm³/mol. The summed E-state index contributed by atoms with van der Waals surface area (Å²) in [5.74, 6) is 2.61. The topological polar surface area (TPSA) is 24.5 Å². The van der Waals surface area contributed by atoms with Gasteiger partial charge in [-0.3, -0.25) is 0 Å². The first-order valence-electron chi connectivity index (χ1n) is 9.12. The molecule has 0 bridgehead atoms. The maximum Gasteiger partial charge on any atom is 0.0595 e. The van der Waals surface area contributed by atoms with Gasteiger partial charge >= 0.3 is 0 Å². The van der Waals surface area contributed by atoms with Crippen molar-refractivity contribution in [2.45, 2.75) is 65.0 Å². The first-order valence-corrected chi connectivity index (χ1v) is 9.12. The van der Waals surface area contributed by atoms with Crippen molar-refractivity contribution in [1.82, 2.24) is 10.2 Å². The minimum Gasteiger partial charge on any atom is -0.381 e. The number of likely N-dealkylation sites (tertiary alicyclic amines) is 1. The van der Waals surface area contributed by atoms with E-state index < -0.39 is 0 Å². The van der Waals surface area contributed by atoms with Gasteiger partial charge in [-0.2, -0.15) is 0 Å². The van der Waals surface area contributed by atoms with Crippen LogP contribution in [0.4, 0.5) is 0 Å². The van der Waals surface area contributed by atoms with E-state index in [0.717, 1.165) is 30.3 Å². The second-order valence-electron chi connectivity index (χ2n) is 7.48. The van der Waals surface area contributed by atoms with Crippen LogP contribution in [-0.4, -0.2) is 50.3 Å². The van der Waals surface area contributed by atoms with E-state index in [9.17, 15) is 0 Å². The number of rotatable bonds is 6. The molecule has 3 heteroatoms. The Kier molecular flexibility index (Phi) is 6.97. The molecule has 21 heavy (non-hydrogen) atoms. The summed E-state index contributed by atoms with van der Waals surface area (Å²) < 4.78 is 5.50. The Morgan fingerprint density at radius 3 is 2.43 bits per heavy atom. The monoisotopic (exact) mass is 296 g/mol. The summed E-state index contributed by atoms with van der Waals surface area (Å²) in [7, 11) is 1.86. The number of nitrogens with zero attached hydrogens (tertiary/aromatic N) is 1. The molecule has 1 saturated carbocycles. The second kappa shape index (κ2) is 8.50. The molecule has 0 aromatic rings. The average Bonchev–Trinajstić information content (AvgIpc) is 2.50. The van der Waals surface area contributed by atoms with Crippen molar-refractivity contribution >= 4 is 0 Å². The zero-order valence-electron chi connectivity index (χ0n) is 14.6. The zero-order chi connectivity index (χ0) is 15.2. The Balaban J connectivity index is 1.87. The van der Waals surface area contributed by atoms with Gasteiger partial charge in [-0.15, -0.1) is 0 Å². The molecule has 1 aliphatic heterocycles. The number of methoxy groups -OCH3 is 1. The largest absolute Gasteiger partial charge is 0.381 e. The van der Waals surface area contributed by atoms with Crippen molar-refractivity contribution < 1.29 is 4.74 Å². The fraction of sp³-hybridized carbons (Fsp3) is 1.00. The van der Waals surface area contributed by atoms with Gasteiger partial charge in [-0.05, 0) is 56.4 Å². The molecule has 0 aromatic carbocycles. The summed E-state index contributed by atoms with van der Waals surface area (Å²) in [6.45, 7) is 11.9. The molecule has 0 aromatic heterocycles. The van der Waals surface area contributed by atoms with Gasteiger partial charge in [0.25, 0.3) is 0 Å². The van der Waals surface area contributed by atoms with Crippen LogP contribution in [-0.2, 0) is 4.74 Å². The fourth-order valence-electron chi connectivity index (χ4n) is 4.30. The quantitative estimate of drug-likeness (QED) is 0.815. The van der Waals surface area contributed by atoms with Crippen LogP contribution in [0, 0.1) is 17.8 Å². The minimum absolute atomic E-state index is 0.501. The maximum absolute atomic E-state index is 5.50. The summed E-state index contributed by atoms with van der Waals surface area (Å²) in [5.41, 5.74) is 0. The number of nitrogens with one attached hydrogen (secondary N) is 1. The lowest BCUT2D eigenvalue weighted by molar-refractivity contribution is 0.0284. The van der Waals surface area contributed by atoms with Crippen molar-refractivity contribution in [2.24, 2.45) is 17.8 Å². The van der Waals surface area contributed by atoms with Crippen LogP contribution in [0.5, 0.6) is 0 Å². The molecule has 3 atom stereocenters. The molecule has 2 rings (SSSR count). The molecule has 124 valence electrons. The molecule has 3 nitrogen and oxygen atoms in total. The van der Waals surface area contributed by atoms with E-state index >= 15 is 0 Å². The van der Waals surface area contributed by atoms with Gasteiger partial charge in [0.2, 0.25) is 0 Å². The minimum atomic E-state index is 0.501. The Morgan fingerprint density at radius 2 is 1.86 bits per heavy atom. The average molecular weight is 296 g/mol. The highest BCUT2D eigenvalue weighted by molar-refractivity contribution is 4.88. The van der Waals surface area contributed by atoms with Gasteiger partial charge < -0.3 is 15.0 Å². The maximum atomic E-state index is 5.50. The SMILES string of the molecule is CCNC1CCC(C(C)C)CC1CN1CCC(OC)CC1. The predicted octanol–water partition coefficient (Wildman–Crippen LogP) is 3.15. The Morgan fingerprint density at radius 1 is 1.14 bits per heavy atom. The van der Waals surface area contributed by atoms with E-state index in [0.29, 0.717) is 6.10 Å². The smallest absolute Gasteiger partial charge is 0.0595 e. The van der Waals surface area contributed by atoms with E-state index in [1.54, 1.807) is 0 Å². The number of ether oxygens (including phenoxy) is 1. The van der Waals surface area contributed by atoms with Gasteiger partial charge in [0.15, 0.2) is 0 Å². The Bertz CT molecular complexity index is 287. The van der Waals surface area contributed by atoms with Crippen LogP contribution < -0.4 is 5.32 Å². The van der Waals surface area contributed by atoms with Crippen LogP contribution in [0.1, 0.15) is 52.9 Å². The molecule has 2 fully saturated rings. The summed E-state index contributed by atoms with van der Waals surface area (Å²) in [6.07, 6.45) is 7.12. The highest BCUT2D eigenvalue weighted by Gasteiger charge is 2.33. The lowest BCUT2D eigenvalue weighted by Crippen LogP contribution is -2.48. The van der Waals surface area contributed by atoms with Gasteiger partial charge in [0.05, 0.1) is 6.10 Å². The molecule has 1 N–H and O–H groups in total. The van der Waals surface area contributed by atoms with Crippen molar-refractivity contribution in [3.8, 4) is 0 Å². The number of hydrogen-bond acceptors (Lipinski definition) is 3. The Labute approximate surface area is 131 Å². The van der Waals surface area contributed by atoms with Crippen molar-refractivity contribution in [3.63, 3.8) is 0 Å². The molecular weight excluding hydrogens is 260 g/mol. The molecule has 2 aliphatic rings. The van der Waals surface area contributed by atoms with Crippen LogP contribution in [0.25, 0.3) is 0 Å². The highest BCUT2D eigenvalue weighted by Crippen LogP contribution is 2.34. The van der Waals surface area contributed by atoms with Crippen molar-refractivity contribution in [1.29, 1.82) is 0 Å². The third-order valence-corrected chi connectivity index (χ3v) is 5.79. The lowest BCUT2D eigenvalue weighted by Gasteiger charge is -2.42. The fourth-order valence-corrected chi connectivity index (χ4v) is 4.30. The molecular formula is C18H36N2O. The van der Waals surface area contributed by atoms with Gasteiger partial charge in [-0.1, -0.05) is 20.8 Å². The summed E-state index contributed by atoms with van der Waals surface area (Å²) in [5, 5.41) is 3.75. The van der Waals surface area contributed by atoms with Crippen LogP contribution >= 0.6 is 0 Å². The van der Waals surface area contributed by atoms with E-state index in [1.165, 1.54) is 51.7 Å². The van der Waals surface area contributed by atoms with Crippen LogP contribution in [0.15, 0.2) is 0 Å². The van der Waals surface area contributed by atoms with Crippen molar-refractivity contribution in [3.05, 3.63) is 0 Å². The number of hydrogen-bond donors (Lipinski definition) is 1. The van der Waals surface area contributed by atoms with Gasteiger partial charge in [0, 0.05) is 32.8 Å². The molecule has 0 radical (unpaired) electrons. The van der Waals surface area contributed by atoms with Crippen LogP contribution in [0.3, 0.4) is 0 Å². The molecule has 1 aliphatic carbocycles. The third-order valence-electron chi connectivity index (χ3n) is 5.79. The van der Waals surface area contributed by atoms with E-state index in [2.05, 4.69) is 31.0 Å². The van der Waals surface area contributed by atoms with Gasteiger partial charge in [-0.25, -0.2) is 0 Å². The summed E-state index contributed by atoms with van der Waals surface area (Å²) in [4.78, 5) is 2.69. The molecule has 1 saturated heterocycles. The highest BCUT2D eigenvalue weighted by atomic mass is 16.5. The van der Waals surface area contributed by atoms with E-state index in [4.69, 9.17) is 4.74 Å². The van der Waals surface area contributed by atoms with E-state index in [1.807, 2.05) is 7.11 Å². The molecule has 3 unspecified atom stereocenters.